The predicted octanol–water partition coefficient (Wildman–Crippen LogP) is 2.66. The van der Waals surface area contributed by atoms with Crippen LogP contribution in [0.4, 0.5) is 0 Å². The van der Waals surface area contributed by atoms with Crippen molar-refractivity contribution in [2.24, 2.45) is 5.92 Å². The van der Waals surface area contributed by atoms with E-state index in [1.807, 2.05) is 19.2 Å². The zero-order chi connectivity index (χ0) is 9.26. The van der Waals surface area contributed by atoms with Crippen molar-refractivity contribution in [2.45, 2.75) is 12.3 Å². The number of rotatable bonds is 3. The fourth-order valence-electron chi connectivity index (χ4n) is 1.88. The lowest BCUT2D eigenvalue weighted by Crippen LogP contribution is -2.10. The largest absolute Gasteiger partial charge is 0.319 e. The van der Waals surface area contributed by atoms with E-state index in [-0.39, 0.29) is 0 Å². The monoisotopic (exact) mass is 195 g/mol. The van der Waals surface area contributed by atoms with E-state index in [9.17, 15) is 0 Å². The first-order chi connectivity index (χ1) is 6.31. The minimum absolute atomic E-state index is 0.742. The molecule has 1 aromatic rings. The molecule has 0 amide bonds. The van der Waals surface area contributed by atoms with Crippen molar-refractivity contribution < 1.29 is 0 Å². The number of benzene rings is 1. The highest BCUT2D eigenvalue weighted by Gasteiger charge is 2.37. The van der Waals surface area contributed by atoms with Crippen LogP contribution in [0, 0.1) is 5.92 Å². The van der Waals surface area contributed by atoms with Gasteiger partial charge in [-0.2, -0.15) is 0 Å². The smallest absolute Gasteiger partial charge is 0.0408 e. The molecule has 0 bridgehead atoms. The molecule has 2 heteroatoms. The van der Waals surface area contributed by atoms with E-state index in [2.05, 4.69) is 17.4 Å². The van der Waals surface area contributed by atoms with E-state index in [1.54, 1.807) is 0 Å². The Morgan fingerprint density at radius 1 is 1.54 bits per heavy atom. The van der Waals surface area contributed by atoms with Crippen LogP contribution < -0.4 is 5.32 Å². The van der Waals surface area contributed by atoms with Gasteiger partial charge in [-0.05, 0) is 49.5 Å². The van der Waals surface area contributed by atoms with Crippen LogP contribution in [0.5, 0.6) is 0 Å². The minimum Gasteiger partial charge on any atom is -0.319 e. The van der Waals surface area contributed by atoms with Gasteiger partial charge in [-0.25, -0.2) is 0 Å². The van der Waals surface area contributed by atoms with Crippen LogP contribution in [0.25, 0.3) is 0 Å². The molecule has 1 aromatic carbocycles. The molecule has 1 saturated carbocycles. The van der Waals surface area contributed by atoms with E-state index < -0.39 is 0 Å². The minimum atomic E-state index is 0.742. The standard InChI is InChI=1S/C11H14ClN/c1-13-7-9-6-11(9)8-3-2-4-10(12)5-8/h2-5,9,11,13H,6-7H2,1H3/t9-,11+/m1/s1. The average molecular weight is 196 g/mol. The molecule has 0 spiro atoms. The highest BCUT2D eigenvalue weighted by Crippen LogP contribution is 2.47. The second-order valence-corrected chi connectivity index (χ2v) is 4.15. The Kier molecular flexibility index (Phi) is 2.56. The predicted molar refractivity (Wildman–Crippen MR) is 56.2 cm³/mol. The highest BCUT2D eigenvalue weighted by molar-refractivity contribution is 6.30. The summed E-state index contributed by atoms with van der Waals surface area (Å²) in [5.41, 5.74) is 1.40. The van der Waals surface area contributed by atoms with Gasteiger partial charge in [0.15, 0.2) is 0 Å². The molecular weight excluding hydrogens is 182 g/mol. The Morgan fingerprint density at radius 2 is 2.38 bits per heavy atom. The third kappa shape index (κ3) is 2.04. The topological polar surface area (TPSA) is 12.0 Å². The fourth-order valence-corrected chi connectivity index (χ4v) is 2.08. The zero-order valence-electron chi connectivity index (χ0n) is 7.76. The van der Waals surface area contributed by atoms with Crippen LogP contribution in [0.2, 0.25) is 5.02 Å². The van der Waals surface area contributed by atoms with Gasteiger partial charge in [0.1, 0.15) is 0 Å². The van der Waals surface area contributed by atoms with Gasteiger partial charge >= 0.3 is 0 Å². The molecular formula is C11H14ClN. The number of hydrogen-bond acceptors (Lipinski definition) is 1. The first-order valence-electron chi connectivity index (χ1n) is 4.71. The maximum absolute atomic E-state index is 5.93. The van der Waals surface area contributed by atoms with Crippen molar-refractivity contribution in [3.63, 3.8) is 0 Å². The molecule has 2 rings (SSSR count). The van der Waals surface area contributed by atoms with Gasteiger partial charge in [0.05, 0.1) is 0 Å². The average Bonchev–Trinajstić information content (AvgIpc) is 2.85. The molecule has 70 valence electrons. The Bertz CT molecular complexity index is 298. The zero-order valence-corrected chi connectivity index (χ0v) is 8.51. The first kappa shape index (κ1) is 9.04. The van der Waals surface area contributed by atoms with Crippen molar-refractivity contribution in [1.82, 2.24) is 5.32 Å². The first-order valence-corrected chi connectivity index (χ1v) is 5.09. The van der Waals surface area contributed by atoms with E-state index in [4.69, 9.17) is 11.6 Å². The van der Waals surface area contributed by atoms with Gasteiger partial charge in [-0.1, -0.05) is 23.7 Å². The van der Waals surface area contributed by atoms with Crippen molar-refractivity contribution >= 4 is 11.6 Å². The van der Waals surface area contributed by atoms with Crippen LogP contribution in [0.15, 0.2) is 24.3 Å². The van der Waals surface area contributed by atoms with Crippen LogP contribution in [-0.4, -0.2) is 13.6 Å². The normalized spacial score (nSPS) is 26.0. The Labute approximate surface area is 84.1 Å². The molecule has 0 aromatic heterocycles. The molecule has 2 atom stereocenters. The van der Waals surface area contributed by atoms with E-state index in [1.165, 1.54) is 12.0 Å². The number of hydrogen-bond donors (Lipinski definition) is 1. The quantitative estimate of drug-likeness (QED) is 0.782. The summed E-state index contributed by atoms with van der Waals surface area (Å²) < 4.78 is 0. The van der Waals surface area contributed by atoms with E-state index in [0.29, 0.717) is 0 Å². The van der Waals surface area contributed by atoms with Gasteiger partial charge in [-0.3, -0.25) is 0 Å². The lowest BCUT2D eigenvalue weighted by Gasteiger charge is -2.00. The lowest BCUT2D eigenvalue weighted by molar-refractivity contribution is 0.698. The molecule has 1 nitrogen and oxygen atoms in total. The summed E-state index contributed by atoms with van der Waals surface area (Å²) in [7, 11) is 2.01. The highest BCUT2D eigenvalue weighted by atomic mass is 35.5. The van der Waals surface area contributed by atoms with Gasteiger partial charge in [0, 0.05) is 5.02 Å². The summed E-state index contributed by atoms with van der Waals surface area (Å²) in [5, 5.41) is 4.07. The number of halogens is 1. The van der Waals surface area contributed by atoms with Crippen LogP contribution in [0.3, 0.4) is 0 Å². The molecule has 1 fully saturated rings. The maximum Gasteiger partial charge on any atom is 0.0408 e. The SMILES string of the molecule is CNC[C@H]1C[C@H]1c1cccc(Cl)c1. The molecule has 0 radical (unpaired) electrons. The van der Waals surface area contributed by atoms with Crippen LogP contribution in [-0.2, 0) is 0 Å². The fraction of sp³-hybridized carbons (Fsp3) is 0.455. The van der Waals surface area contributed by atoms with Crippen LogP contribution in [0.1, 0.15) is 17.9 Å². The van der Waals surface area contributed by atoms with Gasteiger partial charge < -0.3 is 5.32 Å². The molecule has 1 aliphatic carbocycles. The Balaban J connectivity index is 2.03. The van der Waals surface area contributed by atoms with Gasteiger partial charge in [0.25, 0.3) is 0 Å². The molecule has 0 saturated heterocycles. The van der Waals surface area contributed by atoms with E-state index in [0.717, 1.165) is 23.4 Å². The van der Waals surface area contributed by atoms with Crippen LogP contribution >= 0.6 is 11.6 Å². The molecule has 1 N–H and O–H groups in total. The molecule has 0 unspecified atom stereocenters. The van der Waals surface area contributed by atoms with Crippen molar-refractivity contribution in [1.29, 1.82) is 0 Å². The summed E-state index contributed by atoms with van der Waals surface area (Å²) in [4.78, 5) is 0. The summed E-state index contributed by atoms with van der Waals surface area (Å²) >= 11 is 5.93. The third-order valence-electron chi connectivity index (χ3n) is 2.67. The van der Waals surface area contributed by atoms with Crippen molar-refractivity contribution in [3.8, 4) is 0 Å². The summed E-state index contributed by atoms with van der Waals surface area (Å²) in [6, 6.07) is 8.22. The van der Waals surface area contributed by atoms with Gasteiger partial charge in [-0.15, -0.1) is 0 Å². The second kappa shape index (κ2) is 3.69. The molecule has 1 aliphatic rings. The third-order valence-corrected chi connectivity index (χ3v) is 2.90. The van der Waals surface area contributed by atoms with Gasteiger partial charge in [0.2, 0.25) is 0 Å². The van der Waals surface area contributed by atoms with E-state index >= 15 is 0 Å². The summed E-state index contributed by atoms with van der Waals surface area (Å²) in [5.74, 6) is 1.56. The molecule has 13 heavy (non-hydrogen) atoms. The molecule has 0 heterocycles. The Hall–Kier alpha value is -0.530. The Morgan fingerprint density at radius 3 is 3.08 bits per heavy atom. The number of nitrogens with one attached hydrogen (secondary N) is 1. The molecule has 0 aliphatic heterocycles. The summed E-state index contributed by atoms with van der Waals surface area (Å²) in [6.07, 6.45) is 1.31. The maximum atomic E-state index is 5.93. The lowest BCUT2D eigenvalue weighted by atomic mass is 10.1. The van der Waals surface area contributed by atoms with Crippen molar-refractivity contribution in [3.05, 3.63) is 34.9 Å². The summed E-state index contributed by atoms with van der Waals surface area (Å²) in [6.45, 7) is 1.12. The van der Waals surface area contributed by atoms with Crippen molar-refractivity contribution in [2.75, 3.05) is 13.6 Å². The second-order valence-electron chi connectivity index (χ2n) is 3.71.